The second-order valence-electron chi connectivity index (χ2n) is 7.08. The maximum atomic E-state index is 12.4. The predicted octanol–water partition coefficient (Wildman–Crippen LogP) is 4.28. The van der Waals surface area contributed by atoms with Crippen LogP contribution in [0.4, 0.5) is 15.8 Å². The van der Waals surface area contributed by atoms with Crippen molar-refractivity contribution in [2.24, 2.45) is 5.73 Å². The molecule has 0 spiro atoms. The van der Waals surface area contributed by atoms with E-state index >= 15 is 0 Å². The number of anilines is 3. The van der Waals surface area contributed by atoms with E-state index in [0.29, 0.717) is 20.0 Å². The highest BCUT2D eigenvalue weighted by Gasteiger charge is 2.26. The fraction of sp³-hybridized carbons (Fsp3) is 0.300. The van der Waals surface area contributed by atoms with E-state index in [4.69, 9.17) is 5.73 Å². The third kappa shape index (κ3) is 4.50. The number of nitrogens with one attached hydrogen (secondary N) is 2. The molecule has 7 nitrogen and oxygen atoms in total. The van der Waals surface area contributed by atoms with E-state index in [1.807, 2.05) is 19.1 Å². The first-order valence-corrected chi connectivity index (χ1v) is 12.1. The molecule has 0 bridgehead atoms. The normalized spacial score (nSPS) is 12.6. The van der Waals surface area contributed by atoms with Crippen LogP contribution in [0.5, 0.6) is 0 Å². The number of nitrogens with zero attached hydrogens (tertiary/aromatic N) is 2. The molecule has 2 amide bonds. The lowest BCUT2D eigenvalue weighted by molar-refractivity contribution is -0.113. The SMILES string of the molecule is Cc1ccc(Nc2nnc(SCC(=O)Nc3sc4c(c3C(N)=O)CCC4)s2)c(C)c1. The van der Waals surface area contributed by atoms with Gasteiger partial charge in [0.1, 0.15) is 5.00 Å². The highest BCUT2D eigenvalue weighted by Crippen LogP contribution is 2.39. The monoisotopic (exact) mass is 459 g/mol. The summed E-state index contributed by atoms with van der Waals surface area (Å²) in [5.74, 6) is -0.496. The van der Waals surface area contributed by atoms with Gasteiger partial charge in [-0.25, -0.2) is 0 Å². The Morgan fingerprint density at radius 1 is 1.20 bits per heavy atom. The number of hydrogen-bond donors (Lipinski definition) is 3. The average molecular weight is 460 g/mol. The summed E-state index contributed by atoms with van der Waals surface area (Å²) in [6.45, 7) is 4.09. The van der Waals surface area contributed by atoms with Gasteiger partial charge in [0.25, 0.3) is 5.91 Å². The van der Waals surface area contributed by atoms with Gasteiger partial charge in [-0.2, -0.15) is 0 Å². The Morgan fingerprint density at radius 2 is 2.03 bits per heavy atom. The fourth-order valence-electron chi connectivity index (χ4n) is 3.43. The minimum atomic E-state index is -0.483. The molecule has 1 aliphatic carbocycles. The Kier molecular flexibility index (Phi) is 6.07. The molecule has 10 heteroatoms. The quantitative estimate of drug-likeness (QED) is 0.455. The molecular formula is C20H21N5O2S3. The van der Waals surface area contributed by atoms with Gasteiger partial charge in [0.05, 0.1) is 11.3 Å². The molecule has 1 aliphatic rings. The molecule has 3 aromatic rings. The highest BCUT2D eigenvalue weighted by atomic mass is 32.2. The summed E-state index contributed by atoms with van der Waals surface area (Å²) in [5.41, 5.74) is 10.3. The van der Waals surface area contributed by atoms with Crippen molar-refractivity contribution >= 4 is 62.1 Å². The van der Waals surface area contributed by atoms with Crippen molar-refractivity contribution in [2.75, 3.05) is 16.4 Å². The van der Waals surface area contributed by atoms with Gasteiger partial charge in [0.15, 0.2) is 4.34 Å². The van der Waals surface area contributed by atoms with Crippen LogP contribution in [-0.4, -0.2) is 27.8 Å². The van der Waals surface area contributed by atoms with E-state index in [2.05, 4.69) is 33.8 Å². The topological polar surface area (TPSA) is 110 Å². The molecule has 0 radical (unpaired) electrons. The predicted molar refractivity (Wildman–Crippen MR) is 123 cm³/mol. The van der Waals surface area contributed by atoms with E-state index in [1.54, 1.807) is 0 Å². The van der Waals surface area contributed by atoms with E-state index < -0.39 is 5.91 Å². The van der Waals surface area contributed by atoms with Crippen molar-refractivity contribution in [3.63, 3.8) is 0 Å². The fourth-order valence-corrected chi connectivity index (χ4v) is 6.31. The van der Waals surface area contributed by atoms with Gasteiger partial charge in [-0.15, -0.1) is 21.5 Å². The molecule has 4 rings (SSSR count). The summed E-state index contributed by atoms with van der Waals surface area (Å²) in [4.78, 5) is 25.4. The zero-order valence-electron chi connectivity index (χ0n) is 16.6. The van der Waals surface area contributed by atoms with E-state index in [-0.39, 0.29) is 11.7 Å². The standard InChI is InChI=1S/C20H21N5O2S3/c1-10-6-7-13(11(2)8-10)22-19-24-25-20(30-19)28-9-15(26)23-18-16(17(21)27)12-4-3-5-14(12)29-18/h6-8H,3-5,9H2,1-2H3,(H2,21,27)(H,22,24)(H,23,26). The lowest BCUT2D eigenvalue weighted by atomic mass is 10.1. The average Bonchev–Trinajstić information content (AvgIpc) is 3.38. The van der Waals surface area contributed by atoms with E-state index in [1.165, 1.54) is 40.0 Å². The summed E-state index contributed by atoms with van der Waals surface area (Å²) < 4.78 is 0.696. The number of amides is 2. The molecule has 2 aromatic heterocycles. The molecule has 0 atom stereocenters. The zero-order valence-corrected chi connectivity index (χ0v) is 19.0. The van der Waals surface area contributed by atoms with Gasteiger partial charge >= 0.3 is 0 Å². The molecule has 1 aromatic carbocycles. The number of benzene rings is 1. The number of rotatable bonds is 7. The molecule has 2 heterocycles. The molecule has 0 aliphatic heterocycles. The van der Waals surface area contributed by atoms with Gasteiger partial charge in [0, 0.05) is 10.6 Å². The lowest BCUT2D eigenvalue weighted by Gasteiger charge is -2.06. The maximum Gasteiger partial charge on any atom is 0.251 e. The van der Waals surface area contributed by atoms with Crippen LogP contribution in [0.2, 0.25) is 0 Å². The number of primary amides is 1. The van der Waals surface area contributed by atoms with Gasteiger partial charge < -0.3 is 16.4 Å². The first-order chi connectivity index (χ1) is 14.4. The van der Waals surface area contributed by atoms with Crippen molar-refractivity contribution < 1.29 is 9.59 Å². The van der Waals surface area contributed by atoms with Crippen LogP contribution in [-0.2, 0) is 17.6 Å². The van der Waals surface area contributed by atoms with Gasteiger partial charge in [-0.05, 0) is 50.3 Å². The Labute approximate surface area is 186 Å². The summed E-state index contributed by atoms with van der Waals surface area (Å²) >= 11 is 4.16. The van der Waals surface area contributed by atoms with Crippen LogP contribution in [0.15, 0.2) is 22.5 Å². The van der Waals surface area contributed by atoms with Crippen LogP contribution in [0, 0.1) is 13.8 Å². The van der Waals surface area contributed by atoms with Crippen LogP contribution < -0.4 is 16.4 Å². The van der Waals surface area contributed by atoms with Crippen molar-refractivity contribution in [3.05, 3.63) is 45.3 Å². The van der Waals surface area contributed by atoms with Gasteiger partial charge in [-0.3, -0.25) is 9.59 Å². The third-order valence-electron chi connectivity index (χ3n) is 4.78. The third-order valence-corrected chi connectivity index (χ3v) is 7.96. The Bertz CT molecular complexity index is 1120. The number of hydrogen-bond acceptors (Lipinski definition) is 8. The van der Waals surface area contributed by atoms with Crippen molar-refractivity contribution in [2.45, 2.75) is 37.4 Å². The summed E-state index contributed by atoms with van der Waals surface area (Å²) in [6.07, 6.45) is 2.81. The first-order valence-electron chi connectivity index (χ1n) is 9.45. The number of aromatic nitrogens is 2. The van der Waals surface area contributed by atoms with Crippen LogP contribution >= 0.6 is 34.4 Å². The van der Waals surface area contributed by atoms with Gasteiger partial charge in [-0.1, -0.05) is 40.8 Å². The van der Waals surface area contributed by atoms with E-state index in [0.717, 1.165) is 41.0 Å². The van der Waals surface area contributed by atoms with Crippen molar-refractivity contribution in [1.29, 1.82) is 0 Å². The molecule has 30 heavy (non-hydrogen) atoms. The molecule has 0 unspecified atom stereocenters. The summed E-state index contributed by atoms with van der Waals surface area (Å²) in [7, 11) is 0. The second kappa shape index (κ2) is 8.75. The maximum absolute atomic E-state index is 12.4. The number of thiophene rings is 1. The molecule has 0 saturated carbocycles. The number of fused-ring (bicyclic) bond motifs is 1. The zero-order chi connectivity index (χ0) is 21.3. The Hall–Kier alpha value is -2.43. The minimum absolute atomic E-state index is 0.180. The van der Waals surface area contributed by atoms with Crippen LogP contribution in [0.3, 0.4) is 0 Å². The Morgan fingerprint density at radius 3 is 2.80 bits per heavy atom. The number of thioether (sulfide) groups is 1. The summed E-state index contributed by atoms with van der Waals surface area (Å²) in [5, 5.41) is 15.7. The minimum Gasteiger partial charge on any atom is -0.365 e. The molecular weight excluding hydrogens is 438 g/mol. The first kappa shape index (κ1) is 20.8. The molecule has 4 N–H and O–H groups in total. The van der Waals surface area contributed by atoms with Gasteiger partial charge in [0.2, 0.25) is 11.0 Å². The molecule has 0 saturated heterocycles. The lowest BCUT2D eigenvalue weighted by Crippen LogP contribution is -2.18. The number of aryl methyl sites for hydroxylation is 3. The Balaban J connectivity index is 1.36. The van der Waals surface area contributed by atoms with Crippen molar-refractivity contribution in [1.82, 2.24) is 10.2 Å². The number of carbonyl (C=O) groups excluding carboxylic acids is 2. The molecule has 156 valence electrons. The number of carbonyl (C=O) groups is 2. The van der Waals surface area contributed by atoms with Crippen molar-refractivity contribution in [3.8, 4) is 0 Å². The number of nitrogens with two attached hydrogens (primary N) is 1. The second-order valence-corrected chi connectivity index (χ2v) is 10.4. The summed E-state index contributed by atoms with van der Waals surface area (Å²) in [6, 6.07) is 6.16. The van der Waals surface area contributed by atoms with E-state index in [9.17, 15) is 9.59 Å². The van der Waals surface area contributed by atoms with Crippen LogP contribution in [0.25, 0.3) is 0 Å². The largest absolute Gasteiger partial charge is 0.365 e. The highest BCUT2D eigenvalue weighted by molar-refractivity contribution is 8.01. The molecule has 0 fully saturated rings. The van der Waals surface area contributed by atoms with Crippen LogP contribution in [0.1, 0.15) is 38.3 Å². The smallest absolute Gasteiger partial charge is 0.251 e.